The monoisotopic (exact) mass is 274 g/mol. The molecule has 2 aromatic rings. The van der Waals surface area contributed by atoms with E-state index in [1.165, 1.54) is 16.7 Å². The number of anilines is 1. The third-order valence-electron chi connectivity index (χ3n) is 3.59. The van der Waals surface area contributed by atoms with E-state index < -0.39 is 0 Å². The van der Waals surface area contributed by atoms with Gasteiger partial charge in [0.15, 0.2) is 0 Å². The highest BCUT2D eigenvalue weighted by atomic mass is 15.0. The summed E-state index contributed by atoms with van der Waals surface area (Å²) in [5, 5.41) is 3.43. The van der Waals surface area contributed by atoms with Crippen LogP contribution < -0.4 is 5.32 Å². The largest absolute Gasteiger partial charge is 0.343 e. The molecule has 1 aliphatic heterocycles. The number of rotatable bonds is 3. The summed E-state index contributed by atoms with van der Waals surface area (Å²) in [6, 6.07) is 16.7. The van der Waals surface area contributed by atoms with Gasteiger partial charge in [-0.25, -0.2) is 4.99 Å². The molecule has 1 aliphatic rings. The molecule has 0 fully saturated rings. The Morgan fingerprint density at radius 1 is 1.14 bits per heavy atom. The Kier molecular flexibility index (Phi) is 3.69. The summed E-state index contributed by atoms with van der Waals surface area (Å²) in [4.78, 5) is 4.50. The van der Waals surface area contributed by atoms with Crippen LogP contribution in [-0.2, 0) is 0 Å². The highest BCUT2D eigenvalue weighted by molar-refractivity contribution is 6.05. The van der Waals surface area contributed by atoms with Crippen LogP contribution in [0.5, 0.6) is 0 Å². The molecule has 0 unspecified atom stereocenters. The second-order valence-corrected chi connectivity index (χ2v) is 5.19. The number of hydrogen-bond acceptors (Lipinski definition) is 2. The summed E-state index contributed by atoms with van der Waals surface area (Å²) in [6.45, 7) is 5.95. The third kappa shape index (κ3) is 2.95. The Morgan fingerprint density at radius 2 is 1.95 bits per heavy atom. The van der Waals surface area contributed by atoms with Gasteiger partial charge in [-0.2, -0.15) is 0 Å². The van der Waals surface area contributed by atoms with Crippen molar-refractivity contribution in [1.29, 1.82) is 0 Å². The SMILES string of the molecule is C=Cc1ccc(C)cc1NC1=NC=C(c2ccccc2)C1. The van der Waals surface area contributed by atoms with Crippen LogP contribution in [-0.4, -0.2) is 5.84 Å². The van der Waals surface area contributed by atoms with E-state index in [0.717, 1.165) is 23.5 Å². The molecular weight excluding hydrogens is 256 g/mol. The molecule has 2 aromatic carbocycles. The summed E-state index contributed by atoms with van der Waals surface area (Å²) in [5.41, 5.74) is 5.85. The van der Waals surface area contributed by atoms with Gasteiger partial charge in [-0.3, -0.25) is 0 Å². The molecule has 21 heavy (non-hydrogen) atoms. The summed E-state index contributed by atoms with van der Waals surface area (Å²) in [7, 11) is 0. The first-order valence-corrected chi connectivity index (χ1v) is 7.07. The Morgan fingerprint density at radius 3 is 2.71 bits per heavy atom. The molecule has 0 radical (unpaired) electrons. The Balaban J connectivity index is 1.75. The van der Waals surface area contributed by atoms with Crippen molar-refractivity contribution in [2.75, 3.05) is 5.32 Å². The van der Waals surface area contributed by atoms with Gasteiger partial charge in [-0.1, -0.05) is 55.1 Å². The molecule has 0 spiro atoms. The van der Waals surface area contributed by atoms with Gasteiger partial charge >= 0.3 is 0 Å². The normalized spacial score (nSPS) is 13.6. The van der Waals surface area contributed by atoms with E-state index in [0.29, 0.717) is 0 Å². The fraction of sp³-hybridized carbons (Fsp3) is 0.105. The summed E-state index contributed by atoms with van der Waals surface area (Å²) < 4.78 is 0. The minimum atomic E-state index is 0.828. The first kappa shape index (κ1) is 13.4. The van der Waals surface area contributed by atoms with Crippen LogP contribution in [0.2, 0.25) is 0 Å². The zero-order valence-corrected chi connectivity index (χ0v) is 12.1. The topological polar surface area (TPSA) is 24.4 Å². The van der Waals surface area contributed by atoms with E-state index in [4.69, 9.17) is 0 Å². The summed E-state index contributed by atoms with van der Waals surface area (Å²) >= 11 is 0. The molecule has 0 saturated carbocycles. The van der Waals surface area contributed by atoms with Crippen LogP contribution in [0.3, 0.4) is 0 Å². The van der Waals surface area contributed by atoms with Gasteiger partial charge in [0.05, 0.1) is 0 Å². The van der Waals surface area contributed by atoms with Crippen molar-refractivity contribution in [2.45, 2.75) is 13.3 Å². The molecule has 0 bridgehead atoms. The molecule has 2 nitrogen and oxygen atoms in total. The quantitative estimate of drug-likeness (QED) is 0.846. The lowest BCUT2D eigenvalue weighted by Crippen LogP contribution is -2.10. The lowest BCUT2D eigenvalue weighted by atomic mass is 10.0. The smallest absolute Gasteiger partial charge is 0.110 e. The minimum absolute atomic E-state index is 0.828. The predicted molar refractivity (Wildman–Crippen MR) is 91.4 cm³/mol. The van der Waals surface area contributed by atoms with Crippen LogP contribution in [0.4, 0.5) is 5.69 Å². The third-order valence-corrected chi connectivity index (χ3v) is 3.59. The second kappa shape index (κ2) is 5.80. The van der Waals surface area contributed by atoms with E-state index in [-0.39, 0.29) is 0 Å². The lowest BCUT2D eigenvalue weighted by Gasteiger charge is -2.11. The van der Waals surface area contributed by atoms with Gasteiger partial charge in [0.2, 0.25) is 0 Å². The summed E-state index contributed by atoms with van der Waals surface area (Å²) in [6.07, 6.45) is 4.64. The number of benzene rings is 2. The molecule has 0 saturated heterocycles. The molecule has 1 heterocycles. The van der Waals surface area contributed by atoms with Gasteiger partial charge < -0.3 is 5.32 Å². The Hall–Kier alpha value is -2.61. The van der Waals surface area contributed by atoms with E-state index in [2.05, 4.69) is 66.3 Å². The molecule has 3 rings (SSSR count). The highest BCUT2D eigenvalue weighted by Crippen LogP contribution is 2.26. The molecule has 0 aromatic heterocycles. The molecule has 2 heteroatoms. The minimum Gasteiger partial charge on any atom is -0.343 e. The van der Waals surface area contributed by atoms with Crippen molar-refractivity contribution in [3.05, 3.63) is 78.0 Å². The van der Waals surface area contributed by atoms with Crippen LogP contribution in [0.1, 0.15) is 23.1 Å². The Bertz CT molecular complexity index is 724. The number of amidine groups is 1. The molecule has 0 amide bonds. The fourth-order valence-electron chi connectivity index (χ4n) is 2.44. The van der Waals surface area contributed by atoms with Crippen molar-refractivity contribution in [3.63, 3.8) is 0 Å². The molecular formula is C19H18N2. The first-order chi connectivity index (χ1) is 10.3. The standard InChI is InChI=1S/C19H18N2/c1-3-15-10-9-14(2)11-18(15)21-19-12-17(13-20-19)16-7-5-4-6-8-16/h3-11,13H,1,12H2,2H3,(H,20,21). The number of hydrogen-bond donors (Lipinski definition) is 1. The van der Waals surface area contributed by atoms with Gasteiger partial charge in [-0.05, 0) is 35.3 Å². The van der Waals surface area contributed by atoms with Crippen molar-refractivity contribution in [1.82, 2.24) is 0 Å². The second-order valence-electron chi connectivity index (χ2n) is 5.19. The van der Waals surface area contributed by atoms with E-state index in [1.807, 2.05) is 18.3 Å². The van der Waals surface area contributed by atoms with Crippen LogP contribution in [0.25, 0.3) is 11.6 Å². The maximum absolute atomic E-state index is 4.50. The molecule has 1 N–H and O–H groups in total. The first-order valence-electron chi connectivity index (χ1n) is 7.07. The number of nitrogens with one attached hydrogen (secondary N) is 1. The molecule has 104 valence electrons. The Labute approximate surface area is 125 Å². The van der Waals surface area contributed by atoms with Gasteiger partial charge in [-0.15, -0.1) is 0 Å². The average molecular weight is 274 g/mol. The number of nitrogens with zero attached hydrogens (tertiary/aromatic N) is 1. The summed E-state index contributed by atoms with van der Waals surface area (Å²) in [5.74, 6) is 0.975. The van der Waals surface area contributed by atoms with Gasteiger partial charge in [0.1, 0.15) is 5.84 Å². The van der Waals surface area contributed by atoms with Crippen molar-refractivity contribution in [3.8, 4) is 0 Å². The van der Waals surface area contributed by atoms with Crippen LogP contribution >= 0.6 is 0 Å². The highest BCUT2D eigenvalue weighted by Gasteiger charge is 2.13. The van der Waals surface area contributed by atoms with E-state index in [9.17, 15) is 0 Å². The van der Waals surface area contributed by atoms with E-state index >= 15 is 0 Å². The van der Waals surface area contributed by atoms with Crippen molar-refractivity contribution < 1.29 is 0 Å². The number of aryl methyl sites for hydroxylation is 1. The fourth-order valence-corrected chi connectivity index (χ4v) is 2.44. The number of aliphatic imine (C=N–C) groups is 1. The van der Waals surface area contributed by atoms with Crippen molar-refractivity contribution >= 4 is 23.2 Å². The van der Waals surface area contributed by atoms with Gasteiger partial charge in [0, 0.05) is 18.3 Å². The molecule has 0 atom stereocenters. The maximum atomic E-state index is 4.50. The van der Waals surface area contributed by atoms with E-state index in [1.54, 1.807) is 0 Å². The zero-order chi connectivity index (χ0) is 14.7. The maximum Gasteiger partial charge on any atom is 0.110 e. The van der Waals surface area contributed by atoms with Crippen LogP contribution in [0.15, 0.2) is 66.3 Å². The molecule has 0 aliphatic carbocycles. The van der Waals surface area contributed by atoms with Crippen LogP contribution in [0, 0.1) is 6.92 Å². The average Bonchev–Trinajstić information content (AvgIpc) is 2.97. The van der Waals surface area contributed by atoms with Gasteiger partial charge in [0.25, 0.3) is 0 Å². The lowest BCUT2D eigenvalue weighted by molar-refractivity contribution is 1.42. The zero-order valence-electron chi connectivity index (χ0n) is 12.1. The predicted octanol–water partition coefficient (Wildman–Crippen LogP) is 4.89. The van der Waals surface area contributed by atoms with Crippen molar-refractivity contribution in [2.24, 2.45) is 4.99 Å².